The van der Waals surface area contributed by atoms with Crippen molar-refractivity contribution in [2.45, 2.75) is 40.5 Å². The lowest BCUT2D eigenvalue weighted by molar-refractivity contribution is -0.116. The lowest BCUT2D eigenvalue weighted by Gasteiger charge is -2.11. The summed E-state index contributed by atoms with van der Waals surface area (Å²) in [6, 6.07) is 11.3. The number of aromatic nitrogens is 4. The van der Waals surface area contributed by atoms with E-state index < -0.39 is 0 Å². The van der Waals surface area contributed by atoms with Crippen LogP contribution in [0.5, 0.6) is 0 Å². The SMILES string of the molecule is Cc1ccc(C)c(C(=O)CCC(=O)Nc2ccc(C)c(-n3nnnc3C)c2)c1. The molecule has 2 aromatic carbocycles. The molecule has 0 spiro atoms. The summed E-state index contributed by atoms with van der Waals surface area (Å²) in [7, 11) is 0. The van der Waals surface area contributed by atoms with E-state index in [0.29, 0.717) is 17.1 Å². The summed E-state index contributed by atoms with van der Waals surface area (Å²) in [5.74, 6) is 0.429. The van der Waals surface area contributed by atoms with Crippen LogP contribution in [0.2, 0.25) is 0 Å². The number of rotatable bonds is 6. The maximum absolute atomic E-state index is 12.5. The molecule has 7 nitrogen and oxygen atoms in total. The first-order chi connectivity index (χ1) is 13.3. The summed E-state index contributed by atoms with van der Waals surface area (Å²) < 4.78 is 1.62. The molecule has 0 unspecified atom stereocenters. The van der Waals surface area contributed by atoms with E-state index in [1.165, 1.54) is 0 Å². The van der Waals surface area contributed by atoms with E-state index in [4.69, 9.17) is 0 Å². The van der Waals surface area contributed by atoms with Crippen molar-refractivity contribution in [3.63, 3.8) is 0 Å². The van der Waals surface area contributed by atoms with Gasteiger partial charge in [-0.15, -0.1) is 5.10 Å². The zero-order valence-corrected chi connectivity index (χ0v) is 16.5. The number of benzene rings is 2. The van der Waals surface area contributed by atoms with E-state index in [1.807, 2.05) is 64.1 Å². The zero-order valence-electron chi connectivity index (χ0n) is 16.5. The number of ketones is 1. The van der Waals surface area contributed by atoms with Gasteiger partial charge in [0.25, 0.3) is 0 Å². The smallest absolute Gasteiger partial charge is 0.224 e. The van der Waals surface area contributed by atoms with Gasteiger partial charge in [0.2, 0.25) is 5.91 Å². The molecule has 0 saturated carbocycles. The second kappa shape index (κ2) is 8.12. The molecule has 1 heterocycles. The first-order valence-corrected chi connectivity index (χ1v) is 9.11. The van der Waals surface area contributed by atoms with E-state index in [9.17, 15) is 9.59 Å². The minimum Gasteiger partial charge on any atom is -0.326 e. The van der Waals surface area contributed by atoms with Gasteiger partial charge in [-0.25, -0.2) is 0 Å². The number of Topliss-reactive ketones (excluding diaryl/α,β-unsaturated/α-hetero) is 1. The van der Waals surface area contributed by atoms with Crippen LogP contribution in [0.3, 0.4) is 0 Å². The number of amides is 1. The molecule has 7 heteroatoms. The lowest BCUT2D eigenvalue weighted by atomic mass is 9.99. The highest BCUT2D eigenvalue weighted by atomic mass is 16.2. The Balaban J connectivity index is 1.66. The summed E-state index contributed by atoms with van der Waals surface area (Å²) in [6.07, 6.45) is 0.292. The monoisotopic (exact) mass is 377 g/mol. The highest BCUT2D eigenvalue weighted by Gasteiger charge is 2.13. The normalized spacial score (nSPS) is 10.7. The van der Waals surface area contributed by atoms with Gasteiger partial charge in [0, 0.05) is 24.1 Å². The molecule has 3 aromatic rings. The summed E-state index contributed by atoms with van der Waals surface area (Å²) in [5, 5.41) is 14.4. The number of tetrazole rings is 1. The molecule has 3 rings (SSSR count). The van der Waals surface area contributed by atoms with E-state index >= 15 is 0 Å². The van der Waals surface area contributed by atoms with Crippen molar-refractivity contribution in [1.29, 1.82) is 0 Å². The first-order valence-electron chi connectivity index (χ1n) is 9.11. The number of carbonyl (C=O) groups is 2. The Morgan fingerprint density at radius 3 is 2.43 bits per heavy atom. The van der Waals surface area contributed by atoms with Crippen molar-refractivity contribution < 1.29 is 9.59 Å². The predicted octanol–water partition coefficient (Wildman–Crippen LogP) is 3.50. The van der Waals surface area contributed by atoms with Gasteiger partial charge in [-0.3, -0.25) is 9.59 Å². The van der Waals surface area contributed by atoms with Crippen LogP contribution in [0.1, 0.15) is 45.7 Å². The van der Waals surface area contributed by atoms with Crippen LogP contribution >= 0.6 is 0 Å². The van der Waals surface area contributed by atoms with E-state index in [-0.39, 0.29) is 24.5 Å². The molecule has 0 saturated heterocycles. The molecule has 0 bridgehead atoms. The van der Waals surface area contributed by atoms with Crippen LogP contribution in [-0.4, -0.2) is 31.9 Å². The van der Waals surface area contributed by atoms with Gasteiger partial charge in [-0.2, -0.15) is 4.68 Å². The highest BCUT2D eigenvalue weighted by Crippen LogP contribution is 2.20. The van der Waals surface area contributed by atoms with E-state index in [1.54, 1.807) is 4.68 Å². The third-order valence-electron chi connectivity index (χ3n) is 4.62. The quantitative estimate of drug-likeness (QED) is 0.664. The van der Waals surface area contributed by atoms with Crippen LogP contribution in [0.15, 0.2) is 36.4 Å². The summed E-state index contributed by atoms with van der Waals surface area (Å²) in [6.45, 7) is 7.61. The van der Waals surface area contributed by atoms with Crippen LogP contribution < -0.4 is 5.32 Å². The number of hydrogen-bond acceptors (Lipinski definition) is 5. The van der Waals surface area contributed by atoms with Crippen molar-refractivity contribution in [2.75, 3.05) is 5.32 Å². The van der Waals surface area contributed by atoms with E-state index in [0.717, 1.165) is 22.4 Å². The molecule has 0 aliphatic heterocycles. The van der Waals surface area contributed by atoms with E-state index in [2.05, 4.69) is 20.8 Å². The highest BCUT2D eigenvalue weighted by molar-refractivity contribution is 6.01. The van der Waals surface area contributed by atoms with Gasteiger partial charge in [-0.05, 0) is 67.4 Å². The minimum atomic E-state index is -0.207. The summed E-state index contributed by atoms with van der Waals surface area (Å²) >= 11 is 0. The second-order valence-corrected chi connectivity index (χ2v) is 6.93. The van der Waals surface area contributed by atoms with Gasteiger partial charge in [0.1, 0.15) is 0 Å². The molecule has 1 aromatic heterocycles. The van der Waals surface area contributed by atoms with Crippen molar-refractivity contribution >= 4 is 17.4 Å². The topological polar surface area (TPSA) is 89.8 Å². The average Bonchev–Trinajstić information content (AvgIpc) is 3.09. The van der Waals surface area contributed by atoms with Crippen LogP contribution in [0, 0.1) is 27.7 Å². The molecular formula is C21H23N5O2. The minimum absolute atomic E-state index is 0.0229. The molecule has 0 atom stereocenters. The number of carbonyl (C=O) groups excluding carboxylic acids is 2. The Hall–Kier alpha value is -3.35. The Morgan fingerprint density at radius 2 is 1.71 bits per heavy atom. The van der Waals surface area contributed by atoms with Crippen molar-refractivity contribution in [1.82, 2.24) is 20.2 Å². The van der Waals surface area contributed by atoms with Gasteiger partial charge in [-0.1, -0.05) is 23.8 Å². The van der Waals surface area contributed by atoms with Crippen molar-refractivity contribution in [3.05, 3.63) is 64.5 Å². The molecule has 0 aliphatic carbocycles. The van der Waals surface area contributed by atoms with Crippen LogP contribution in [0.4, 0.5) is 5.69 Å². The molecule has 0 fully saturated rings. The summed E-state index contributed by atoms with van der Waals surface area (Å²) in [4.78, 5) is 24.8. The number of anilines is 1. The third kappa shape index (κ3) is 4.31. The zero-order chi connectivity index (χ0) is 20.3. The number of aryl methyl sites for hydroxylation is 4. The molecule has 0 radical (unpaired) electrons. The molecule has 1 amide bonds. The van der Waals surface area contributed by atoms with Crippen LogP contribution in [0.25, 0.3) is 5.69 Å². The number of hydrogen-bond donors (Lipinski definition) is 1. The van der Waals surface area contributed by atoms with Gasteiger partial charge < -0.3 is 5.32 Å². The fraction of sp³-hybridized carbons (Fsp3) is 0.286. The fourth-order valence-electron chi connectivity index (χ4n) is 2.99. The van der Waals surface area contributed by atoms with Crippen molar-refractivity contribution in [3.8, 4) is 5.69 Å². The van der Waals surface area contributed by atoms with Crippen LogP contribution in [-0.2, 0) is 4.79 Å². The molecule has 1 N–H and O–H groups in total. The van der Waals surface area contributed by atoms with Gasteiger partial charge >= 0.3 is 0 Å². The molecular weight excluding hydrogens is 354 g/mol. The van der Waals surface area contributed by atoms with Crippen molar-refractivity contribution in [2.24, 2.45) is 0 Å². The third-order valence-corrected chi connectivity index (χ3v) is 4.62. The number of nitrogens with one attached hydrogen (secondary N) is 1. The fourth-order valence-corrected chi connectivity index (χ4v) is 2.99. The maximum Gasteiger partial charge on any atom is 0.224 e. The summed E-state index contributed by atoms with van der Waals surface area (Å²) in [5.41, 5.74) is 5.06. The molecule has 0 aliphatic rings. The average molecular weight is 377 g/mol. The predicted molar refractivity (Wildman–Crippen MR) is 107 cm³/mol. The molecule has 144 valence electrons. The Labute approximate surface area is 163 Å². The first kappa shape index (κ1) is 19.4. The molecule has 28 heavy (non-hydrogen) atoms. The Kier molecular flexibility index (Phi) is 5.63. The largest absolute Gasteiger partial charge is 0.326 e. The lowest BCUT2D eigenvalue weighted by Crippen LogP contribution is -2.14. The Bertz CT molecular complexity index is 1040. The Morgan fingerprint density at radius 1 is 0.964 bits per heavy atom. The van der Waals surface area contributed by atoms with Gasteiger partial charge in [0.15, 0.2) is 11.6 Å². The second-order valence-electron chi connectivity index (χ2n) is 6.93. The standard InChI is InChI=1S/C21H23N5O2/c1-13-5-6-14(2)18(11-13)20(27)9-10-21(28)22-17-8-7-15(3)19(12-17)26-16(4)23-24-25-26/h5-8,11-12H,9-10H2,1-4H3,(H,22,28). The number of nitrogens with zero attached hydrogens (tertiary/aromatic N) is 4. The maximum atomic E-state index is 12.5. The van der Waals surface area contributed by atoms with Gasteiger partial charge in [0.05, 0.1) is 5.69 Å².